The molecule has 2 aromatic carbocycles. The van der Waals surface area contributed by atoms with E-state index in [1.807, 2.05) is 0 Å². The van der Waals surface area contributed by atoms with Crippen LogP contribution in [0.2, 0.25) is 5.02 Å². The summed E-state index contributed by atoms with van der Waals surface area (Å²) >= 11 is 5.95. The van der Waals surface area contributed by atoms with Gasteiger partial charge in [0.05, 0.1) is 18.7 Å². The van der Waals surface area contributed by atoms with E-state index in [0.717, 1.165) is 6.33 Å². The van der Waals surface area contributed by atoms with Crippen LogP contribution < -0.4 is 15.0 Å². The van der Waals surface area contributed by atoms with Gasteiger partial charge in [-0.3, -0.25) is 9.83 Å². The summed E-state index contributed by atoms with van der Waals surface area (Å²) in [6.07, 6.45) is 1.13. The number of rotatable bonds is 7. The predicted molar refractivity (Wildman–Crippen MR) is 115 cm³/mol. The maximum atomic E-state index is 15.1. The van der Waals surface area contributed by atoms with Crippen LogP contribution in [0.1, 0.15) is 5.56 Å². The van der Waals surface area contributed by atoms with Crippen LogP contribution in [0.3, 0.4) is 0 Å². The third-order valence-electron chi connectivity index (χ3n) is 4.12. The van der Waals surface area contributed by atoms with Crippen molar-refractivity contribution in [3.63, 3.8) is 0 Å². The first kappa shape index (κ1) is 21.5. The molecular formula is C21H17ClFN5O4. The van der Waals surface area contributed by atoms with E-state index in [2.05, 4.69) is 25.6 Å². The molecule has 0 saturated carbocycles. The van der Waals surface area contributed by atoms with Crippen molar-refractivity contribution in [2.24, 2.45) is 10.1 Å². The van der Waals surface area contributed by atoms with Gasteiger partial charge in [-0.1, -0.05) is 35.0 Å². The van der Waals surface area contributed by atoms with Gasteiger partial charge in [-0.15, -0.1) is 0 Å². The van der Waals surface area contributed by atoms with Crippen molar-refractivity contribution in [1.82, 2.24) is 15.4 Å². The maximum Gasteiger partial charge on any atom is 0.263 e. The number of para-hydroxylation sites is 1. The molecule has 1 N–H and O–H groups in total. The van der Waals surface area contributed by atoms with Gasteiger partial charge < -0.3 is 14.3 Å². The van der Waals surface area contributed by atoms with Crippen molar-refractivity contribution in [3.8, 4) is 23.3 Å². The number of aromatic nitrogens is 2. The second-order valence-corrected chi connectivity index (χ2v) is 6.70. The summed E-state index contributed by atoms with van der Waals surface area (Å²) in [5, 5.41) is 4.46. The lowest BCUT2D eigenvalue weighted by molar-refractivity contribution is 0.0836. The highest BCUT2D eigenvalue weighted by atomic mass is 35.5. The van der Waals surface area contributed by atoms with E-state index < -0.39 is 5.82 Å². The third-order valence-corrected chi connectivity index (χ3v) is 4.36. The zero-order chi connectivity index (χ0) is 22.3. The molecule has 0 saturated heterocycles. The predicted octanol–water partition coefficient (Wildman–Crippen LogP) is 4.14. The van der Waals surface area contributed by atoms with Crippen molar-refractivity contribution in [2.75, 3.05) is 20.3 Å². The molecule has 9 nitrogen and oxygen atoms in total. The van der Waals surface area contributed by atoms with Crippen LogP contribution in [-0.2, 0) is 9.68 Å². The lowest BCUT2D eigenvalue weighted by Crippen LogP contribution is -2.37. The maximum absolute atomic E-state index is 15.1. The topological polar surface area (TPSA) is 99.5 Å². The number of ether oxygens (including phenoxy) is 2. The van der Waals surface area contributed by atoms with Crippen LogP contribution >= 0.6 is 11.6 Å². The van der Waals surface area contributed by atoms with Gasteiger partial charge in [-0.2, -0.15) is 14.4 Å². The van der Waals surface area contributed by atoms with Gasteiger partial charge >= 0.3 is 0 Å². The first-order valence-corrected chi connectivity index (χ1v) is 9.78. The molecule has 0 bridgehead atoms. The van der Waals surface area contributed by atoms with Gasteiger partial charge in [0.1, 0.15) is 24.9 Å². The Balaban J connectivity index is 1.65. The molecule has 0 spiro atoms. The summed E-state index contributed by atoms with van der Waals surface area (Å²) in [5.41, 5.74) is 3.49. The first-order chi connectivity index (χ1) is 15.7. The number of halogens is 2. The molecule has 164 valence electrons. The number of nitrogens with zero attached hydrogens (tertiary/aromatic N) is 4. The Hall–Kier alpha value is -3.76. The van der Waals surface area contributed by atoms with E-state index in [1.165, 1.54) is 13.2 Å². The normalized spacial score (nSPS) is 13.7. The monoisotopic (exact) mass is 457 g/mol. The van der Waals surface area contributed by atoms with Crippen molar-refractivity contribution in [1.29, 1.82) is 0 Å². The molecule has 11 heteroatoms. The molecule has 1 aliphatic rings. The summed E-state index contributed by atoms with van der Waals surface area (Å²) in [6.45, 7) is 0.863. The lowest BCUT2D eigenvalue weighted by Gasteiger charge is -2.17. The molecule has 0 atom stereocenters. The summed E-state index contributed by atoms with van der Waals surface area (Å²) < 4.78 is 26.3. The fourth-order valence-electron chi connectivity index (χ4n) is 2.77. The Morgan fingerprint density at radius 1 is 1.12 bits per heavy atom. The average Bonchev–Trinajstić information content (AvgIpc) is 2.81. The summed E-state index contributed by atoms with van der Waals surface area (Å²) in [7, 11) is 1.40. The number of hydrogen-bond donors (Lipinski definition) is 1. The SMILES string of the molecule is CO/N=C(/C1=NCCON1)c1ccccc1Oc1ncnc(Oc2cccc(Cl)c2)c1F. The molecule has 0 amide bonds. The highest BCUT2D eigenvalue weighted by Gasteiger charge is 2.22. The third kappa shape index (κ3) is 4.93. The van der Waals surface area contributed by atoms with Gasteiger partial charge in [-0.25, -0.2) is 5.48 Å². The minimum Gasteiger partial charge on any atom is -0.436 e. The number of oxime groups is 1. The number of hydrogen-bond acceptors (Lipinski definition) is 9. The fraction of sp³-hybridized carbons (Fsp3) is 0.143. The molecule has 0 unspecified atom stereocenters. The quantitative estimate of drug-likeness (QED) is 0.420. The van der Waals surface area contributed by atoms with Crippen LogP contribution in [0.5, 0.6) is 23.3 Å². The van der Waals surface area contributed by atoms with E-state index in [1.54, 1.807) is 42.5 Å². The zero-order valence-electron chi connectivity index (χ0n) is 16.8. The minimum absolute atomic E-state index is 0.254. The van der Waals surface area contributed by atoms with E-state index in [4.69, 9.17) is 30.7 Å². The molecule has 1 aromatic heterocycles. The highest BCUT2D eigenvalue weighted by molar-refractivity contribution is 6.47. The molecule has 1 aliphatic heterocycles. The Labute approximate surface area is 187 Å². The largest absolute Gasteiger partial charge is 0.436 e. The van der Waals surface area contributed by atoms with Crippen molar-refractivity contribution >= 4 is 23.1 Å². The first-order valence-electron chi connectivity index (χ1n) is 9.40. The molecule has 4 rings (SSSR count). The van der Waals surface area contributed by atoms with Gasteiger partial charge in [0.2, 0.25) is 5.82 Å². The second kappa shape index (κ2) is 10.0. The standard InChI is InChI=1S/C21H17ClFN5O4/c1-29-27-18(19-24-9-10-30-28-19)15-7-2-3-8-16(15)32-21-17(23)20(25-12-26-21)31-14-6-4-5-13(22)11-14/h2-8,11-12H,9-10H2,1H3,(H,24,28)/b27-18+. The lowest BCUT2D eigenvalue weighted by atomic mass is 10.1. The van der Waals surface area contributed by atoms with Crippen molar-refractivity contribution in [2.45, 2.75) is 0 Å². The van der Waals surface area contributed by atoms with Gasteiger partial charge in [0.15, 0.2) is 11.5 Å². The van der Waals surface area contributed by atoms with Gasteiger partial charge in [0.25, 0.3) is 11.8 Å². The second-order valence-electron chi connectivity index (χ2n) is 6.26. The van der Waals surface area contributed by atoms with Gasteiger partial charge in [-0.05, 0) is 30.3 Å². The fourth-order valence-corrected chi connectivity index (χ4v) is 2.95. The number of amidine groups is 1. The average molecular weight is 458 g/mol. The molecular weight excluding hydrogens is 441 g/mol. The molecule has 3 aromatic rings. The van der Waals surface area contributed by atoms with Crippen LogP contribution in [-0.4, -0.2) is 41.8 Å². The van der Waals surface area contributed by atoms with E-state index in [0.29, 0.717) is 41.0 Å². The summed E-state index contributed by atoms with van der Waals surface area (Å²) in [6, 6.07) is 13.3. The molecule has 32 heavy (non-hydrogen) atoms. The molecule has 0 radical (unpaired) electrons. The van der Waals surface area contributed by atoms with Crippen molar-refractivity contribution < 1.29 is 23.5 Å². The molecule has 0 aliphatic carbocycles. The highest BCUT2D eigenvalue weighted by Crippen LogP contribution is 2.32. The van der Waals surface area contributed by atoms with Crippen LogP contribution in [0.25, 0.3) is 0 Å². The Bertz CT molecular complexity index is 1170. The Morgan fingerprint density at radius 2 is 1.94 bits per heavy atom. The Kier molecular flexibility index (Phi) is 6.73. The van der Waals surface area contributed by atoms with Crippen LogP contribution in [0.15, 0.2) is 65.0 Å². The van der Waals surface area contributed by atoms with Crippen molar-refractivity contribution in [3.05, 3.63) is 71.3 Å². The molecule has 0 fully saturated rings. The smallest absolute Gasteiger partial charge is 0.263 e. The number of nitrogens with one attached hydrogen (secondary N) is 1. The minimum atomic E-state index is -0.885. The number of benzene rings is 2. The number of hydroxylamine groups is 1. The number of aliphatic imine (C=N–C) groups is 1. The molecule has 2 heterocycles. The van der Waals surface area contributed by atoms with Crippen LogP contribution in [0.4, 0.5) is 4.39 Å². The zero-order valence-corrected chi connectivity index (χ0v) is 17.5. The summed E-state index contributed by atoms with van der Waals surface area (Å²) in [4.78, 5) is 22.3. The van der Waals surface area contributed by atoms with E-state index in [-0.39, 0.29) is 17.5 Å². The van der Waals surface area contributed by atoms with Crippen LogP contribution in [0, 0.1) is 5.82 Å². The van der Waals surface area contributed by atoms with E-state index in [9.17, 15) is 0 Å². The summed E-state index contributed by atoms with van der Waals surface area (Å²) in [5.74, 6) is -0.614. The Morgan fingerprint density at radius 3 is 2.69 bits per heavy atom. The van der Waals surface area contributed by atoms with Gasteiger partial charge in [0, 0.05) is 5.02 Å². The van der Waals surface area contributed by atoms with E-state index >= 15 is 4.39 Å².